The zero-order chi connectivity index (χ0) is 30.3. The van der Waals surface area contributed by atoms with E-state index in [9.17, 15) is 13.2 Å². The van der Waals surface area contributed by atoms with E-state index in [0.29, 0.717) is 11.1 Å². The topological polar surface area (TPSA) is 99.3 Å². The molecule has 0 radical (unpaired) electrons. The fraction of sp³-hybridized carbons (Fsp3) is 0.182. The summed E-state index contributed by atoms with van der Waals surface area (Å²) in [5.74, 6) is 0. The number of rotatable bonds is 2. The van der Waals surface area contributed by atoms with Gasteiger partial charge in [0.15, 0.2) is 0 Å². The summed E-state index contributed by atoms with van der Waals surface area (Å²) < 4.78 is 38.0. The minimum atomic E-state index is -4.03. The molecule has 1 amide bonds. The first-order valence-electron chi connectivity index (χ1n) is 13.8. The van der Waals surface area contributed by atoms with Gasteiger partial charge < -0.3 is 4.74 Å². The van der Waals surface area contributed by atoms with Crippen LogP contribution < -0.4 is 4.90 Å². The van der Waals surface area contributed by atoms with Gasteiger partial charge in [-0.2, -0.15) is 10.2 Å². The van der Waals surface area contributed by atoms with Gasteiger partial charge in [-0.1, -0.05) is 24.3 Å². The molecule has 1 aliphatic rings. The molecular formula is C33H29N5O4S. The third kappa shape index (κ3) is 4.37. The Morgan fingerprint density at radius 2 is 1.09 bits per heavy atom. The summed E-state index contributed by atoms with van der Waals surface area (Å²) in [4.78, 5) is 15.1. The zero-order valence-electron chi connectivity index (χ0n) is 24.4. The van der Waals surface area contributed by atoms with Crippen LogP contribution in [0, 0.1) is 0 Å². The van der Waals surface area contributed by atoms with Crippen LogP contribution in [0.2, 0.25) is 0 Å². The number of aryl methyl sites for hydroxylation is 2. The Labute approximate surface area is 248 Å². The largest absolute Gasteiger partial charge is 0.443 e. The van der Waals surface area contributed by atoms with Gasteiger partial charge in [0, 0.05) is 24.9 Å². The van der Waals surface area contributed by atoms with E-state index in [4.69, 9.17) is 4.74 Å². The van der Waals surface area contributed by atoms with Gasteiger partial charge in [-0.05, 0) is 91.6 Å². The molecule has 0 spiro atoms. The molecule has 0 bridgehead atoms. The average Bonchev–Trinajstić information content (AvgIpc) is 3.53. The van der Waals surface area contributed by atoms with Gasteiger partial charge in [-0.15, -0.1) is 0 Å². The van der Waals surface area contributed by atoms with Gasteiger partial charge in [0.05, 0.1) is 44.6 Å². The van der Waals surface area contributed by atoms with E-state index in [0.717, 1.165) is 32.9 Å². The molecule has 0 unspecified atom stereocenters. The fourth-order valence-electron chi connectivity index (χ4n) is 5.63. The predicted molar refractivity (Wildman–Crippen MR) is 166 cm³/mol. The van der Waals surface area contributed by atoms with E-state index in [1.54, 1.807) is 66.8 Å². The second kappa shape index (κ2) is 9.27. The van der Waals surface area contributed by atoms with Crippen molar-refractivity contribution >= 4 is 49.1 Å². The Morgan fingerprint density at radius 3 is 1.53 bits per heavy atom. The number of hydrogen-bond acceptors (Lipinski definition) is 6. The first kappa shape index (κ1) is 26.9. The molecule has 9 nitrogen and oxygen atoms in total. The third-order valence-electron chi connectivity index (χ3n) is 7.72. The van der Waals surface area contributed by atoms with Crippen LogP contribution in [0.5, 0.6) is 0 Å². The normalized spacial score (nSPS) is 14.1. The van der Waals surface area contributed by atoms with Crippen LogP contribution in [0.3, 0.4) is 0 Å². The molecule has 10 heteroatoms. The Balaban J connectivity index is 1.40. The van der Waals surface area contributed by atoms with Crippen LogP contribution in [0.1, 0.15) is 20.8 Å². The highest BCUT2D eigenvalue weighted by atomic mass is 32.2. The maximum atomic E-state index is 14.3. The summed E-state index contributed by atoms with van der Waals surface area (Å²) in [5, 5.41) is 10.5. The zero-order valence-corrected chi connectivity index (χ0v) is 25.2. The molecule has 0 saturated heterocycles. The number of ether oxygens (including phenoxy) is 1. The molecule has 3 heterocycles. The molecule has 0 saturated carbocycles. The second-order valence-electron chi connectivity index (χ2n) is 11.8. The predicted octanol–water partition coefficient (Wildman–Crippen LogP) is 7.01. The van der Waals surface area contributed by atoms with E-state index in [1.807, 2.05) is 62.6 Å². The SMILES string of the molecule is Cn1ncc2cc(-c3ccc4c(c3)S(=O)(=O)c3cc(-c5ccc6c(cnn6C)c5)ccc3N4C(=O)OC(C)(C)C)ccc21. The monoisotopic (exact) mass is 591 g/mol. The van der Waals surface area contributed by atoms with Crippen LogP contribution in [-0.2, 0) is 28.7 Å². The summed E-state index contributed by atoms with van der Waals surface area (Å²) in [5.41, 5.74) is 4.74. The maximum absolute atomic E-state index is 14.3. The van der Waals surface area contributed by atoms with Crippen LogP contribution >= 0.6 is 0 Å². The number of nitrogens with zero attached hydrogens (tertiary/aromatic N) is 5. The van der Waals surface area contributed by atoms with Crippen molar-refractivity contribution in [3.63, 3.8) is 0 Å². The molecule has 0 fully saturated rings. The van der Waals surface area contributed by atoms with Crippen LogP contribution in [0.15, 0.2) is 95.0 Å². The summed E-state index contributed by atoms with van der Waals surface area (Å²) in [6.07, 6.45) is 2.90. The molecule has 216 valence electrons. The molecule has 0 N–H and O–H groups in total. The van der Waals surface area contributed by atoms with Gasteiger partial charge in [-0.3, -0.25) is 9.36 Å². The number of sulfone groups is 1. The van der Waals surface area contributed by atoms with Crippen molar-refractivity contribution in [2.24, 2.45) is 14.1 Å². The van der Waals surface area contributed by atoms with Crippen molar-refractivity contribution in [2.45, 2.75) is 36.2 Å². The molecule has 4 aromatic carbocycles. The maximum Gasteiger partial charge on any atom is 0.419 e. The first-order valence-corrected chi connectivity index (χ1v) is 15.3. The number of carbonyl (C=O) groups is 1. The second-order valence-corrected chi connectivity index (χ2v) is 13.7. The highest BCUT2D eigenvalue weighted by Crippen LogP contribution is 2.47. The summed E-state index contributed by atoms with van der Waals surface area (Å²) in [6, 6.07) is 22.0. The molecule has 1 aliphatic heterocycles. The number of amides is 1. The van der Waals surface area contributed by atoms with Gasteiger partial charge in [0.2, 0.25) is 9.84 Å². The molecule has 0 aliphatic carbocycles. The Hall–Kier alpha value is -4.96. The Bertz CT molecular complexity index is 2090. The lowest BCUT2D eigenvalue weighted by molar-refractivity contribution is 0.0597. The van der Waals surface area contributed by atoms with Crippen molar-refractivity contribution < 1.29 is 17.9 Å². The van der Waals surface area contributed by atoms with Crippen LogP contribution in [0.4, 0.5) is 16.2 Å². The van der Waals surface area contributed by atoms with Crippen molar-refractivity contribution in [3.8, 4) is 22.3 Å². The summed E-state index contributed by atoms with van der Waals surface area (Å²) >= 11 is 0. The van der Waals surface area contributed by atoms with Crippen molar-refractivity contribution in [1.82, 2.24) is 19.6 Å². The molecule has 7 rings (SSSR count). The Morgan fingerprint density at radius 1 is 0.674 bits per heavy atom. The van der Waals surface area contributed by atoms with E-state index >= 15 is 0 Å². The van der Waals surface area contributed by atoms with E-state index in [1.165, 1.54) is 4.90 Å². The smallest absolute Gasteiger partial charge is 0.419 e. The number of hydrogen-bond donors (Lipinski definition) is 0. The van der Waals surface area contributed by atoms with E-state index in [2.05, 4.69) is 10.2 Å². The van der Waals surface area contributed by atoms with Crippen LogP contribution in [0.25, 0.3) is 44.1 Å². The van der Waals surface area contributed by atoms with Crippen LogP contribution in [-0.4, -0.2) is 39.7 Å². The summed E-state index contributed by atoms with van der Waals surface area (Å²) in [7, 11) is -0.283. The molecule has 2 aromatic heterocycles. The fourth-order valence-corrected chi connectivity index (χ4v) is 7.30. The minimum absolute atomic E-state index is 0.0366. The lowest BCUT2D eigenvalue weighted by Gasteiger charge is -2.33. The van der Waals surface area contributed by atoms with E-state index in [-0.39, 0.29) is 21.2 Å². The highest BCUT2D eigenvalue weighted by molar-refractivity contribution is 7.92. The number of carbonyl (C=O) groups excluding carboxylic acids is 1. The van der Waals surface area contributed by atoms with Gasteiger partial charge >= 0.3 is 6.09 Å². The molecule has 0 atom stereocenters. The first-order chi connectivity index (χ1) is 20.4. The minimum Gasteiger partial charge on any atom is -0.443 e. The highest BCUT2D eigenvalue weighted by Gasteiger charge is 2.39. The van der Waals surface area contributed by atoms with Crippen molar-refractivity contribution in [1.29, 1.82) is 0 Å². The average molecular weight is 592 g/mol. The molecule has 6 aromatic rings. The van der Waals surface area contributed by atoms with Crippen molar-refractivity contribution in [2.75, 3.05) is 4.90 Å². The van der Waals surface area contributed by atoms with Gasteiger partial charge in [-0.25, -0.2) is 18.1 Å². The van der Waals surface area contributed by atoms with Gasteiger partial charge in [0.1, 0.15) is 5.60 Å². The summed E-state index contributed by atoms with van der Waals surface area (Å²) in [6.45, 7) is 5.34. The number of anilines is 2. The Kier molecular flexibility index (Phi) is 5.80. The number of aromatic nitrogens is 4. The molecular weight excluding hydrogens is 562 g/mol. The van der Waals surface area contributed by atoms with Crippen molar-refractivity contribution in [3.05, 3.63) is 85.2 Å². The standard InChI is InChI=1S/C33H29N5O4S/c1-33(2,3)42-32(39)38-28-12-8-22(20-6-10-26-24(14-20)18-34-36(26)4)16-30(28)43(40,41)31-17-23(9-13-29(31)38)21-7-11-27-25(15-21)19-35-37(27)5/h6-19H,1-5H3. The molecule has 43 heavy (non-hydrogen) atoms. The number of fused-ring (bicyclic) bond motifs is 4. The van der Waals surface area contributed by atoms with Gasteiger partial charge in [0.25, 0.3) is 0 Å². The lowest BCUT2D eigenvalue weighted by Crippen LogP contribution is -2.37. The quantitative estimate of drug-likeness (QED) is 0.215. The lowest BCUT2D eigenvalue weighted by atomic mass is 10.0. The number of benzene rings is 4. The third-order valence-corrected chi connectivity index (χ3v) is 9.53. The van der Waals surface area contributed by atoms with E-state index < -0.39 is 21.5 Å².